The minimum Gasteiger partial charge on any atom is -0.507 e. The number of carbonyl (C=O) groups is 1. The van der Waals surface area contributed by atoms with Crippen LogP contribution in [0.5, 0.6) is 5.75 Å². The fraction of sp³-hybridized carbons (Fsp3) is 0.125. The molecule has 0 bridgehead atoms. The van der Waals surface area contributed by atoms with E-state index in [-0.39, 0.29) is 22.0 Å². The molecule has 1 aromatic carbocycles. The number of hydrogen-bond donors (Lipinski definition) is 2. The van der Waals surface area contributed by atoms with Crippen LogP contribution in [0.4, 0.5) is 0 Å². The Balaban J connectivity index is 3.27. The van der Waals surface area contributed by atoms with Gasteiger partial charge in [0.2, 0.25) is 0 Å². The summed E-state index contributed by atoms with van der Waals surface area (Å²) in [6.07, 6.45) is 0. The van der Waals surface area contributed by atoms with E-state index in [0.29, 0.717) is 0 Å². The lowest BCUT2D eigenvalue weighted by Gasteiger charge is -2.01. The molecule has 0 aromatic heterocycles. The van der Waals surface area contributed by atoms with Crippen LogP contribution < -0.4 is 0 Å². The van der Waals surface area contributed by atoms with E-state index in [4.69, 9.17) is 4.55 Å². The van der Waals surface area contributed by atoms with E-state index in [1.165, 1.54) is 25.1 Å². The van der Waals surface area contributed by atoms with E-state index >= 15 is 0 Å². The van der Waals surface area contributed by atoms with Crippen molar-refractivity contribution < 1.29 is 18.7 Å². The maximum atomic E-state index is 10.9. The highest BCUT2D eigenvalue weighted by Crippen LogP contribution is 2.20. The van der Waals surface area contributed by atoms with Crippen molar-refractivity contribution in [2.75, 3.05) is 0 Å². The van der Waals surface area contributed by atoms with Gasteiger partial charge in [-0.1, -0.05) is 0 Å². The molecule has 0 heterocycles. The predicted octanol–water partition coefficient (Wildman–Crippen LogP) is 1.18. The van der Waals surface area contributed by atoms with Gasteiger partial charge in [0.1, 0.15) is 5.75 Å². The van der Waals surface area contributed by atoms with Gasteiger partial charge in [0.05, 0.1) is 10.5 Å². The number of Topliss-reactive ketones (excluding diaryl/α,β-unsaturated/α-hetero) is 1. The Labute approximate surface area is 77.5 Å². The highest BCUT2D eigenvalue weighted by molar-refractivity contribution is 7.79. The molecular formula is C8H8O4S. The summed E-state index contributed by atoms with van der Waals surface area (Å²) in [6, 6.07) is 3.71. The van der Waals surface area contributed by atoms with Gasteiger partial charge in [0.25, 0.3) is 0 Å². The fourth-order valence-electron chi connectivity index (χ4n) is 0.906. The van der Waals surface area contributed by atoms with Crippen LogP contribution in [0, 0.1) is 0 Å². The fourth-order valence-corrected chi connectivity index (χ4v) is 1.31. The number of phenolic OH excluding ortho intramolecular Hbond substituents is 1. The van der Waals surface area contributed by atoms with Crippen molar-refractivity contribution in [3.05, 3.63) is 23.8 Å². The van der Waals surface area contributed by atoms with Gasteiger partial charge in [0, 0.05) is 0 Å². The van der Waals surface area contributed by atoms with Crippen molar-refractivity contribution in [2.24, 2.45) is 0 Å². The van der Waals surface area contributed by atoms with Crippen LogP contribution in [0.25, 0.3) is 0 Å². The zero-order valence-electron chi connectivity index (χ0n) is 6.85. The molecule has 4 nitrogen and oxygen atoms in total. The normalized spacial score (nSPS) is 12.5. The van der Waals surface area contributed by atoms with Crippen LogP contribution in [0.2, 0.25) is 0 Å². The van der Waals surface area contributed by atoms with Crippen LogP contribution in [-0.4, -0.2) is 19.7 Å². The zero-order chi connectivity index (χ0) is 10.0. The van der Waals surface area contributed by atoms with E-state index in [0.717, 1.165) is 0 Å². The Morgan fingerprint density at radius 2 is 2.08 bits per heavy atom. The molecule has 0 spiro atoms. The molecule has 0 saturated carbocycles. The third-order valence-corrected chi connectivity index (χ3v) is 2.21. The van der Waals surface area contributed by atoms with Gasteiger partial charge >= 0.3 is 0 Å². The van der Waals surface area contributed by atoms with E-state index in [2.05, 4.69) is 0 Å². The summed E-state index contributed by atoms with van der Waals surface area (Å²) in [5.74, 6) is -0.522. The summed E-state index contributed by atoms with van der Waals surface area (Å²) in [6.45, 7) is 1.28. The number of aromatic hydroxyl groups is 1. The molecule has 5 heteroatoms. The van der Waals surface area contributed by atoms with Crippen molar-refractivity contribution in [3.63, 3.8) is 0 Å². The van der Waals surface area contributed by atoms with Crippen molar-refractivity contribution in [3.8, 4) is 5.75 Å². The first kappa shape index (κ1) is 9.88. The monoisotopic (exact) mass is 200 g/mol. The Bertz CT molecular complexity index is 372. The van der Waals surface area contributed by atoms with Gasteiger partial charge in [-0.3, -0.25) is 4.79 Å². The summed E-state index contributed by atoms with van der Waals surface area (Å²) in [7, 11) is 0. The highest BCUT2D eigenvalue weighted by atomic mass is 32.2. The minimum absolute atomic E-state index is 0.0555. The summed E-state index contributed by atoms with van der Waals surface area (Å²) in [5.41, 5.74) is 0.0555. The first-order chi connectivity index (χ1) is 6.02. The molecular weight excluding hydrogens is 192 g/mol. The zero-order valence-corrected chi connectivity index (χ0v) is 7.67. The van der Waals surface area contributed by atoms with Crippen LogP contribution >= 0.6 is 0 Å². The van der Waals surface area contributed by atoms with Gasteiger partial charge < -0.3 is 9.66 Å². The average Bonchev–Trinajstić information content (AvgIpc) is 2.04. The van der Waals surface area contributed by atoms with Crippen molar-refractivity contribution in [1.82, 2.24) is 0 Å². The summed E-state index contributed by atoms with van der Waals surface area (Å²) < 4.78 is 19.3. The highest BCUT2D eigenvalue weighted by Gasteiger charge is 2.09. The molecule has 0 saturated heterocycles. The predicted molar refractivity (Wildman–Crippen MR) is 47.1 cm³/mol. The lowest BCUT2D eigenvalue weighted by atomic mass is 10.1. The summed E-state index contributed by atoms with van der Waals surface area (Å²) in [5, 5.41) is 9.19. The molecule has 1 rings (SSSR count). The maximum Gasteiger partial charge on any atom is 0.186 e. The standard InChI is InChI=1S/C8H8O4S/c1-5(9)7-4-6(13(11)12)2-3-8(7)10/h2-4,10H,1H3,(H,11,12). The van der Waals surface area contributed by atoms with Crippen molar-refractivity contribution in [2.45, 2.75) is 11.8 Å². The Morgan fingerprint density at radius 1 is 1.46 bits per heavy atom. The summed E-state index contributed by atoms with van der Waals surface area (Å²) >= 11 is -2.13. The van der Waals surface area contributed by atoms with Gasteiger partial charge in [-0.15, -0.1) is 0 Å². The number of ketones is 1. The molecule has 0 radical (unpaired) electrons. The Morgan fingerprint density at radius 3 is 2.54 bits per heavy atom. The molecule has 1 unspecified atom stereocenters. The second-order valence-corrected chi connectivity index (χ2v) is 3.45. The van der Waals surface area contributed by atoms with E-state index in [1.807, 2.05) is 0 Å². The number of rotatable bonds is 2. The molecule has 0 fully saturated rings. The molecule has 13 heavy (non-hydrogen) atoms. The molecule has 0 aliphatic heterocycles. The smallest absolute Gasteiger partial charge is 0.186 e. The SMILES string of the molecule is CC(=O)c1cc(S(=O)O)ccc1O. The van der Waals surface area contributed by atoms with E-state index in [1.54, 1.807) is 0 Å². The van der Waals surface area contributed by atoms with Crippen molar-refractivity contribution >= 4 is 16.9 Å². The Kier molecular flexibility index (Phi) is 2.79. The summed E-state index contributed by atoms with van der Waals surface area (Å²) in [4.78, 5) is 11.0. The van der Waals surface area contributed by atoms with Crippen molar-refractivity contribution in [1.29, 1.82) is 0 Å². The number of carbonyl (C=O) groups excluding carboxylic acids is 1. The van der Waals surface area contributed by atoms with Crippen LogP contribution in [0.3, 0.4) is 0 Å². The second-order valence-electron chi connectivity index (χ2n) is 2.48. The molecule has 70 valence electrons. The first-order valence-corrected chi connectivity index (χ1v) is 4.58. The first-order valence-electron chi connectivity index (χ1n) is 3.47. The molecule has 1 aromatic rings. The largest absolute Gasteiger partial charge is 0.507 e. The Hall–Kier alpha value is -1.20. The number of benzene rings is 1. The van der Waals surface area contributed by atoms with Gasteiger partial charge in [0.15, 0.2) is 16.9 Å². The van der Waals surface area contributed by atoms with Gasteiger partial charge in [-0.25, -0.2) is 4.21 Å². The van der Waals surface area contributed by atoms with E-state index < -0.39 is 11.1 Å². The minimum atomic E-state index is -2.13. The van der Waals surface area contributed by atoms with Gasteiger partial charge in [-0.2, -0.15) is 0 Å². The number of phenols is 1. The lowest BCUT2D eigenvalue weighted by molar-refractivity contribution is 0.101. The molecule has 2 N–H and O–H groups in total. The lowest BCUT2D eigenvalue weighted by Crippen LogP contribution is -1.96. The van der Waals surface area contributed by atoms with Crippen LogP contribution in [-0.2, 0) is 11.1 Å². The molecule has 0 aliphatic rings. The third-order valence-electron chi connectivity index (χ3n) is 1.55. The number of hydrogen-bond acceptors (Lipinski definition) is 3. The molecule has 0 aliphatic carbocycles. The maximum absolute atomic E-state index is 10.9. The molecule has 0 amide bonds. The third kappa shape index (κ3) is 2.13. The second kappa shape index (κ2) is 3.68. The molecule has 1 atom stereocenters. The topological polar surface area (TPSA) is 74.6 Å². The quantitative estimate of drug-likeness (QED) is 0.555. The van der Waals surface area contributed by atoms with Crippen LogP contribution in [0.1, 0.15) is 17.3 Å². The van der Waals surface area contributed by atoms with Crippen LogP contribution in [0.15, 0.2) is 23.1 Å². The van der Waals surface area contributed by atoms with E-state index in [9.17, 15) is 14.1 Å². The average molecular weight is 200 g/mol. The van der Waals surface area contributed by atoms with Gasteiger partial charge in [-0.05, 0) is 25.1 Å².